The second-order valence-electron chi connectivity index (χ2n) is 12.0. The molecular weight excluding hydrogens is 560 g/mol. The van der Waals surface area contributed by atoms with Crippen LogP contribution in [-0.4, -0.2) is 31.5 Å². The van der Waals surface area contributed by atoms with Crippen molar-refractivity contribution in [1.29, 1.82) is 0 Å². The fraction of sp³-hybridized carbons (Fsp3) is 0.250. The van der Waals surface area contributed by atoms with Gasteiger partial charge in [-0.25, -0.2) is 0 Å². The van der Waals surface area contributed by atoms with Crippen LogP contribution >= 0.6 is 0 Å². The van der Waals surface area contributed by atoms with Gasteiger partial charge in [0.15, 0.2) is 5.60 Å². The number of aliphatic hydroxyl groups excluding tert-OH is 1. The second-order valence-corrected chi connectivity index (χ2v) is 12.0. The van der Waals surface area contributed by atoms with E-state index in [9.17, 15) is 5.11 Å². The van der Waals surface area contributed by atoms with Gasteiger partial charge in [0.25, 0.3) is 0 Å². The summed E-state index contributed by atoms with van der Waals surface area (Å²) in [4.78, 5) is 0. The Morgan fingerprint density at radius 2 is 1.53 bits per heavy atom. The van der Waals surface area contributed by atoms with E-state index in [0.717, 1.165) is 63.3 Å². The Morgan fingerprint density at radius 1 is 0.822 bits per heavy atom. The maximum Gasteiger partial charge on any atom is 0.178 e. The molecule has 0 radical (unpaired) electrons. The summed E-state index contributed by atoms with van der Waals surface area (Å²) < 4.78 is 24.9. The summed E-state index contributed by atoms with van der Waals surface area (Å²) in [6.45, 7) is 4.62. The van der Waals surface area contributed by atoms with E-state index in [2.05, 4.69) is 72.8 Å². The molecule has 1 aliphatic carbocycles. The predicted molar refractivity (Wildman–Crippen MR) is 180 cm³/mol. The van der Waals surface area contributed by atoms with Crippen LogP contribution in [-0.2, 0) is 18.4 Å². The Hall–Kier alpha value is -4.74. The normalized spacial score (nSPS) is 16.5. The molecule has 0 saturated heterocycles. The number of aryl methyl sites for hydroxylation is 1. The highest BCUT2D eigenvalue weighted by molar-refractivity contribution is 6.06. The van der Waals surface area contributed by atoms with Crippen LogP contribution in [0.2, 0.25) is 0 Å². The third-order valence-electron chi connectivity index (χ3n) is 8.80. The number of aliphatic hydroxyl groups is 1. The van der Waals surface area contributed by atoms with Crippen LogP contribution in [0.4, 0.5) is 0 Å². The minimum Gasteiger partial charge on any atom is -0.497 e. The number of hydrogen-bond acceptors (Lipinski definition) is 5. The van der Waals surface area contributed by atoms with Gasteiger partial charge in [0.1, 0.15) is 23.0 Å². The van der Waals surface area contributed by atoms with Crippen molar-refractivity contribution >= 4 is 16.8 Å². The predicted octanol–water partition coefficient (Wildman–Crippen LogP) is 8.51. The third kappa shape index (κ3) is 5.21. The molecule has 1 unspecified atom stereocenters. The van der Waals surface area contributed by atoms with E-state index in [4.69, 9.17) is 18.9 Å². The maximum atomic E-state index is 9.18. The van der Waals surface area contributed by atoms with Crippen LogP contribution < -0.4 is 18.9 Å². The lowest BCUT2D eigenvalue weighted by molar-refractivity contribution is 0.163. The summed E-state index contributed by atoms with van der Waals surface area (Å²) in [6, 6.07) is 31.4. The quantitative estimate of drug-likeness (QED) is 0.172. The number of ether oxygens (including phenoxy) is 4. The van der Waals surface area contributed by atoms with Crippen LogP contribution in [0.3, 0.4) is 0 Å². The van der Waals surface area contributed by atoms with Crippen LogP contribution in [0.5, 0.6) is 23.0 Å². The minimum absolute atomic E-state index is 0.0820. The summed E-state index contributed by atoms with van der Waals surface area (Å²) in [5.41, 5.74) is 7.47. The van der Waals surface area contributed by atoms with Crippen LogP contribution in [0.1, 0.15) is 48.1 Å². The van der Waals surface area contributed by atoms with Crippen molar-refractivity contribution in [2.45, 2.75) is 44.8 Å². The van der Waals surface area contributed by atoms with E-state index in [1.165, 1.54) is 22.3 Å². The number of methoxy groups -OCH3 is 1. The highest BCUT2D eigenvalue weighted by Gasteiger charge is 2.39. The van der Waals surface area contributed by atoms with Gasteiger partial charge in [-0.15, -0.1) is 0 Å². The van der Waals surface area contributed by atoms with E-state index in [1.54, 1.807) is 7.11 Å². The lowest BCUT2D eigenvalue weighted by Gasteiger charge is -2.38. The summed E-state index contributed by atoms with van der Waals surface area (Å²) in [7, 11) is 1.71. The number of benzene rings is 5. The van der Waals surface area contributed by atoms with Gasteiger partial charge in [0.2, 0.25) is 0 Å². The monoisotopic (exact) mass is 598 g/mol. The Morgan fingerprint density at radius 3 is 2.24 bits per heavy atom. The molecule has 1 atom stereocenters. The molecule has 5 aromatic carbocycles. The fourth-order valence-corrected chi connectivity index (χ4v) is 6.71. The first kappa shape index (κ1) is 29.0. The van der Waals surface area contributed by atoms with E-state index in [0.29, 0.717) is 13.0 Å². The fourth-order valence-electron chi connectivity index (χ4n) is 6.71. The molecule has 1 aliphatic heterocycles. The number of rotatable bonds is 9. The van der Waals surface area contributed by atoms with Crippen molar-refractivity contribution in [2.24, 2.45) is 0 Å². The van der Waals surface area contributed by atoms with Crippen molar-refractivity contribution in [3.8, 4) is 34.1 Å². The summed E-state index contributed by atoms with van der Waals surface area (Å²) in [5.74, 6) is 3.22. The standard InChI is InChI=1S/C40H38O5/c1-26(2)44-31-16-12-29(13-17-31)40(28-10-14-30(15-11-28)43-24-6-23-41)22-21-36-34-19-9-27-7-4-5-8-33(27)38(34)35-20-18-32(42-3)25-37(35)39(36)45-40/h4-5,7-8,10-18,20-22,25-26,41H,6,9,19,23-24H2,1-3H3. The first-order chi connectivity index (χ1) is 22.0. The Balaban J connectivity index is 1.42. The molecule has 0 spiro atoms. The zero-order chi connectivity index (χ0) is 31.0. The molecule has 7 rings (SSSR count). The average molecular weight is 599 g/mol. The molecule has 0 fully saturated rings. The topological polar surface area (TPSA) is 57.2 Å². The Kier molecular flexibility index (Phi) is 7.72. The molecule has 5 aromatic rings. The minimum atomic E-state index is -0.899. The molecule has 1 N–H and O–H groups in total. The van der Waals surface area contributed by atoms with E-state index < -0.39 is 5.60 Å². The zero-order valence-corrected chi connectivity index (χ0v) is 26.0. The second kappa shape index (κ2) is 12.0. The third-order valence-corrected chi connectivity index (χ3v) is 8.80. The van der Waals surface area contributed by atoms with Gasteiger partial charge in [-0.05, 0) is 103 Å². The van der Waals surface area contributed by atoms with E-state index >= 15 is 0 Å². The van der Waals surface area contributed by atoms with Gasteiger partial charge < -0.3 is 24.1 Å². The maximum absolute atomic E-state index is 9.18. The van der Waals surface area contributed by atoms with Crippen LogP contribution in [0.25, 0.3) is 28.0 Å². The Bertz CT molecular complexity index is 1870. The van der Waals surface area contributed by atoms with Gasteiger partial charge in [0.05, 0.1) is 19.8 Å². The van der Waals surface area contributed by atoms with Gasteiger partial charge in [-0.1, -0.05) is 54.6 Å². The van der Waals surface area contributed by atoms with Crippen LogP contribution in [0, 0.1) is 0 Å². The molecule has 45 heavy (non-hydrogen) atoms. The van der Waals surface area contributed by atoms with Crippen molar-refractivity contribution in [2.75, 3.05) is 20.3 Å². The van der Waals surface area contributed by atoms with Crippen molar-refractivity contribution in [3.63, 3.8) is 0 Å². The smallest absolute Gasteiger partial charge is 0.178 e. The van der Waals surface area contributed by atoms with Gasteiger partial charge >= 0.3 is 0 Å². The summed E-state index contributed by atoms with van der Waals surface area (Å²) >= 11 is 0. The molecule has 2 aliphatic rings. The average Bonchev–Trinajstić information content (AvgIpc) is 3.08. The first-order valence-electron chi connectivity index (χ1n) is 15.8. The highest BCUT2D eigenvalue weighted by atomic mass is 16.5. The summed E-state index contributed by atoms with van der Waals surface area (Å²) in [5, 5.41) is 11.4. The van der Waals surface area contributed by atoms with Crippen LogP contribution in [0.15, 0.2) is 97.1 Å². The SMILES string of the molecule is COc1ccc2c3c(c4c(c2c1)OC(c1ccc(OCCCO)cc1)(c1ccc(OC(C)C)cc1)C=C4)CCc1ccccc1-3. The number of fused-ring (bicyclic) bond motifs is 8. The van der Waals surface area contributed by atoms with E-state index in [-0.39, 0.29) is 12.7 Å². The largest absolute Gasteiger partial charge is 0.497 e. The van der Waals surface area contributed by atoms with Crippen molar-refractivity contribution in [3.05, 3.63) is 125 Å². The van der Waals surface area contributed by atoms with Gasteiger partial charge in [0, 0.05) is 35.1 Å². The number of hydrogen-bond donors (Lipinski definition) is 1. The molecule has 0 bridgehead atoms. The first-order valence-corrected chi connectivity index (χ1v) is 15.8. The highest BCUT2D eigenvalue weighted by Crippen LogP contribution is 2.52. The lowest BCUT2D eigenvalue weighted by atomic mass is 9.77. The molecular formula is C40H38O5. The van der Waals surface area contributed by atoms with Crippen molar-refractivity contribution in [1.82, 2.24) is 0 Å². The molecule has 1 heterocycles. The molecule has 0 saturated carbocycles. The molecule has 228 valence electrons. The zero-order valence-electron chi connectivity index (χ0n) is 26.0. The lowest BCUT2D eigenvalue weighted by Crippen LogP contribution is -2.34. The summed E-state index contributed by atoms with van der Waals surface area (Å²) in [6.07, 6.45) is 7.06. The molecule has 0 amide bonds. The van der Waals surface area contributed by atoms with Gasteiger partial charge in [-0.3, -0.25) is 0 Å². The molecule has 5 heteroatoms. The van der Waals surface area contributed by atoms with E-state index in [1.807, 2.05) is 44.2 Å². The molecule has 0 aromatic heterocycles. The molecule has 5 nitrogen and oxygen atoms in total. The van der Waals surface area contributed by atoms with Gasteiger partial charge in [-0.2, -0.15) is 0 Å². The Labute approximate surface area is 264 Å². The van der Waals surface area contributed by atoms with Crippen molar-refractivity contribution < 1.29 is 24.1 Å².